The van der Waals surface area contributed by atoms with Crippen molar-refractivity contribution in [3.8, 4) is 0 Å². The molecule has 5 heteroatoms. The monoisotopic (exact) mass is 291 g/mol. The van der Waals surface area contributed by atoms with E-state index in [0.717, 1.165) is 0 Å². The van der Waals surface area contributed by atoms with Gasteiger partial charge in [-0.25, -0.2) is 13.6 Å². The molecule has 2 aromatic carbocycles. The molecule has 0 bridgehead atoms. The number of anilines is 1. The van der Waals surface area contributed by atoms with E-state index in [1.165, 1.54) is 31.4 Å². The van der Waals surface area contributed by atoms with E-state index in [-0.39, 0.29) is 17.4 Å². The lowest BCUT2D eigenvalue weighted by Crippen LogP contribution is -2.10. The molecular formula is C16H15F2NO2. The number of carbonyl (C=O) groups excluding carboxylic acids is 1. The summed E-state index contributed by atoms with van der Waals surface area (Å²) in [5.41, 5.74) is 0.831. The number of esters is 1. The van der Waals surface area contributed by atoms with Crippen LogP contribution in [-0.4, -0.2) is 13.1 Å². The summed E-state index contributed by atoms with van der Waals surface area (Å²) < 4.78 is 31.8. The Labute approximate surface area is 121 Å². The zero-order chi connectivity index (χ0) is 15.4. The van der Waals surface area contributed by atoms with Crippen LogP contribution in [0.2, 0.25) is 0 Å². The molecule has 0 saturated carbocycles. The van der Waals surface area contributed by atoms with E-state index in [0.29, 0.717) is 11.3 Å². The van der Waals surface area contributed by atoms with Crippen LogP contribution in [0.15, 0.2) is 42.5 Å². The number of carbonyl (C=O) groups is 1. The predicted molar refractivity (Wildman–Crippen MR) is 76.2 cm³/mol. The van der Waals surface area contributed by atoms with Gasteiger partial charge in [0.25, 0.3) is 0 Å². The molecule has 2 aromatic rings. The molecule has 2 rings (SSSR count). The highest BCUT2D eigenvalue weighted by molar-refractivity contribution is 5.90. The molecule has 21 heavy (non-hydrogen) atoms. The highest BCUT2D eigenvalue weighted by Gasteiger charge is 2.15. The van der Waals surface area contributed by atoms with Gasteiger partial charge in [-0.3, -0.25) is 0 Å². The first-order chi connectivity index (χ1) is 10.0. The van der Waals surface area contributed by atoms with Crippen molar-refractivity contribution in [1.29, 1.82) is 0 Å². The van der Waals surface area contributed by atoms with Gasteiger partial charge < -0.3 is 10.1 Å². The van der Waals surface area contributed by atoms with E-state index < -0.39 is 11.8 Å². The number of rotatable bonds is 4. The molecule has 3 nitrogen and oxygen atoms in total. The first-order valence-electron chi connectivity index (χ1n) is 6.41. The Hall–Kier alpha value is -2.43. The molecule has 0 aliphatic carbocycles. The molecule has 0 spiro atoms. The fourth-order valence-electron chi connectivity index (χ4n) is 2.04. The number of hydrogen-bond donors (Lipinski definition) is 1. The van der Waals surface area contributed by atoms with Gasteiger partial charge in [-0.15, -0.1) is 0 Å². The lowest BCUT2D eigenvalue weighted by atomic mass is 10.1. The van der Waals surface area contributed by atoms with Crippen molar-refractivity contribution >= 4 is 11.7 Å². The number of nitrogens with one attached hydrogen (secondary N) is 1. The second-order valence-corrected chi connectivity index (χ2v) is 4.57. The predicted octanol–water partition coefficient (Wildman–Crippen LogP) is 3.92. The molecule has 0 aliphatic rings. The van der Waals surface area contributed by atoms with Crippen LogP contribution >= 0.6 is 0 Å². The maximum Gasteiger partial charge on any atom is 0.340 e. The smallest absolute Gasteiger partial charge is 0.340 e. The summed E-state index contributed by atoms with van der Waals surface area (Å²) in [6.45, 7) is 1.78. The summed E-state index contributed by atoms with van der Waals surface area (Å²) >= 11 is 0. The molecule has 110 valence electrons. The molecule has 1 unspecified atom stereocenters. The molecule has 1 N–H and O–H groups in total. The van der Waals surface area contributed by atoms with Crippen molar-refractivity contribution in [3.05, 3.63) is 65.2 Å². The van der Waals surface area contributed by atoms with Gasteiger partial charge in [0.2, 0.25) is 0 Å². The molecule has 0 aromatic heterocycles. The van der Waals surface area contributed by atoms with Crippen LogP contribution in [-0.2, 0) is 4.74 Å². The van der Waals surface area contributed by atoms with E-state index in [4.69, 9.17) is 0 Å². The van der Waals surface area contributed by atoms with Gasteiger partial charge >= 0.3 is 5.97 Å². The Bertz CT molecular complexity index is 658. The Morgan fingerprint density at radius 2 is 1.86 bits per heavy atom. The number of methoxy groups -OCH3 is 1. The van der Waals surface area contributed by atoms with Crippen molar-refractivity contribution in [3.63, 3.8) is 0 Å². The topological polar surface area (TPSA) is 38.3 Å². The number of hydrogen-bond acceptors (Lipinski definition) is 3. The Balaban J connectivity index is 2.24. The standard InChI is InChI=1S/C16H15F2NO2/c1-10(12-5-3-4-6-14(12)17)19-11-7-8-15(18)13(9-11)16(20)21-2/h3-10,19H,1-2H3. The Morgan fingerprint density at radius 3 is 2.52 bits per heavy atom. The van der Waals surface area contributed by atoms with Crippen LogP contribution in [0.1, 0.15) is 28.9 Å². The molecular weight excluding hydrogens is 276 g/mol. The second-order valence-electron chi connectivity index (χ2n) is 4.57. The first-order valence-corrected chi connectivity index (χ1v) is 6.41. The minimum atomic E-state index is -0.755. The average molecular weight is 291 g/mol. The third kappa shape index (κ3) is 3.37. The maximum atomic E-state index is 13.7. The molecule has 0 heterocycles. The SMILES string of the molecule is COC(=O)c1cc(NC(C)c2ccccc2F)ccc1F. The van der Waals surface area contributed by atoms with Crippen molar-refractivity contribution in [2.45, 2.75) is 13.0 Å². The summed E-state index contributed by atoms with van der Waals surface area (Å²) in [4.78, 5) is 11.4. The van der Waals surface area contributed by atoms with E-state index >= 15 is 0 Å². The number of ether oxygens (including phenoxy) is 1. The van der Waals surface area contributed by atoms with E-state index in [9.17, 15) is 13.6 Å². The molecule has 0 fully saturated rings. The minimum absolute atomic E-state index is 0.164. The van der Waals surface area contributed by atoms with Crippen LogP contribution in [0.25, 0.3) is 0 Å². The summed E-state index contributed by atoms with van der Waals surface area (Å²) in [7, 11) is 1.18. The van der Waals surface area contributed by atoms with Crippen molar-refractivity contribution in [2.24, 2.45) is 0 Å². The van der Waals surface area contributed by atoms with E-state index in [1.807, 2.05) is 0 Å². The largest absolute Gasteiger partial charge is 0.465 e. The Morgan fingerprint density at radius 1 is 1.14 bits per heavy atom. The van der Waals surface area contributed by atoms with Crippen LogP contribution in [0.3, 0.4) is 0 Å². The highest BCUT2D eigenvalue weighted by Crippen LogP contribution is 2.23. The lowest BCUT2D eigenvalue weighted by Gasteiger charge is -2.17. The van der Waals surface area contributed by atoms with Gasteiger partial charge in [-0.05, 0) is 31.2 Å². The van der Waals surface area contributed by atoms with Crippen molar-refractivity contribution in [2.75, 3.05) is 12.4 Å². The second kappa shape index (κ2) is 6.35. The maximum absolute atomic E-state index is 13.7. The fraction of sp³-hybridized carbons (Fsp3) is 0.188. The van der Waals surface area contributed by atoms with Crippen LogP contribution < -0.4 is 5.32 Å². The van der Waals surface area contributed by atoms with Crippen LogP contribution in [0, 0.1) is 11.6 Å². The van der Waals surface area contributed by atoms with Crippen LogP contribution in [0.4, 0.5) is 14.5 Å². The molecule has 0 radical (unpaired) electrons. The summed E-state index contributed by atoms with van der Waals surface area (Å²) in [6, 6.07) is 10.1. The van der Waals surface area contributed by atoms with Gasteiger partial charge in [-0.2, -0.15) is 0 Å². The number of halogens is 2. The van der Waals surface area contributed by atoms with Gasteiger partial charge in [0.05, 0.1) is 18.7 Å². The first kappa shape index (κ1) is 15.0. The summed E-state index contributed by atoms with van der Waals surface area (Å²) in [5, 5.41) is 3.03. The van der Waals surface area contributed by atoms with Gasteiger partial charge in [-0.1, -0.05) is 18.2 Å². The van der Waals surface area contributed by atoms with Crippen molar-refractivity contribution in [1.82, 2.24) is 0 Å². The summed E-state index contributed by atoms with van der Waals surface area (Å²) in [6.07, 6.45) is 0. The lowest BCUT2D eigenvalue weighted by molar-refractivity contribution is 0.0595. The van der Waals surface area contributed by atoms with Gasteiger partial charge in [0.1, 0.15) is 11.6 Å². The fourth-order valence-corrected chi connectivity index (χ4v) is 2.04. The average Bonchev–Trinajstić information content (AvgIpc) is 2.48. The Kier molecular flexibility index (Phi) is 4.52. The zero-order valence-corrected chi connectivity index (χ0v) is 11.7. The van der Waals surface area contributed by atoms with Gasteiger partial charge in [0.15, 0.2) is 0 Å². The minimum Gasteiger partial charge on any atom is -0.465 e. The van der Waals surface area contributed by atoms with Gasteiger partial charge in [0, 0.05) is 11.3 Å². The number of benzene rings is 2. The summed E-state index contributed by atoms with van der Waals surface area (Å²) in [5.74, 6) is -1.74. The molecule has 0 saturated heterocycles. The normalized spacial score (nSPS) is 11.8. The highest BCUT2D eigenvalue weighted by atomic mass is 19.1. The van der Waals surface area contributed by atoms with E-state index in [2.05, 4.69) is 10.1 Å². The molecule has 1 atom stereocenters. The van der Waals surface area contributed by atoms with Crippen molar-refractivity contribution < 1.29 is 18.3 Å². The molecule has 0 amide bonds. The third-order valence-corrected chi connectivity index (χ3v) is 3.13. The quantitative estimate of drug-likeness (QED) is 0.868. The van der Waals surface area contributed by atoms with Crippen LogP contribution in [0.5, 0.6) is 0 Å². The zero-order valence-electron chi connectivity index (χ0n) is 11.7. The third-order valence-electron chi connectivity index (χ3n) is 3.13. The van der Waals surface area contributed by atoms with E-state index in [1.54, 1.807) is 25.1 Å². The molecule has 0 aliphatic heterocycles.